The van der Waals surface area contributed by atoms with Crippen LogP contribution in [0.5, 0.6) is 0 Å². The number of ether oxygens (including phenoxy) is 4. The molecule has 0 fully saturated rings. The summed E-state index contributed by atoms with van der Waals surface area (Å²) in [6.45, 7) is 13.7. The zero-order valence-corrected chi connectivity index (χ0v) is 30.4. The number of esters is 2. The summed E-state index contributed by atoms with van der Waals surface area (Å²) < 4.78 is 22.3. The van der Waals surface area contributed by atoms with Gasteiger partial charge in [0.15, 0.2) is 0 Å². The number of aliphatic hydroxyl groups excluding tert-OH is 3. The second-order valence-electron chi connectivity index (χ2n) is 13.2. The first kappa shape index (κ1) is 43.4. The Morgan fingerprint density at radius 3 is 2.24 bits per heavy atom. The fourth-order valence-electron chi connectivity index (χ4n) is 5.69. The summed E-state index contributed by atoms with van der Waals surface area (Å²) in [5, 5.41) is 41.4. The van der Waals surface area contributed by atoms with Crippen LogP contribution in [-0.2, 0) is 38.1 Å². The zero-order valence-electron chi connectivity index (χ0n) is 30.4. The molecule has 0 aromatic rings. The average molecular weight is 693 g/mol. The van der Waals surface area contributed by atoms with Gasteiger partial charge < -0.3 is 39.4 Å². The number of rotatable bonds is 13. The number of hydrogen-bond donors (Lipinski definition) is 4. The smallest absolute Gasteiger partial charge is 0.373 e. The van der Waals surface area contributed by atoms with Crippen molar-refractivity contribution in [3.05, 3.63) is 59.4 Å². The molecule has 0 saturated heterocycles. The molecule has 0 aliphatic carbocycles. The molecule has 1 heterocycles. The molecule has 12 heteroatoms. The van der Waals surface area contributed by atoms with Crippen LogP contribution in [0.2, 0.25) is 0 Å². The predicted molar refractivity (Wildman–Crippen MR) is 183 cm³/mol. The Hall–Kier alpha value is -3.58. The van der Waals surface area contributed by atoms with Gasteiger partial charge in [0.05, 0.1) is 25.4 Å². The summed E-state index contributed by atoms with van der Waals surface area (Å²) >= 11 is 0. The second kappa shape index (κ2) is 20.8. The molecule has 1 aliphatic rings. The molecule has 276 valence electrons. The molecule has 0 amide bonds. The van der Waals surface area contributed by atoms with Crippen LogP contribution in [0, 0.1) is 29.6 Å². The molecule has 0 aromatic heterocycles. The van der Waals surface area contributed by atoms with Crippen LogP contribution in [0.1, 0.15) is 68.2 Å². The Balaban J connectivity index is 3.49. The van der Waals surface area contributed by atoms with E-state index in [4.69, 9.17) is 24.1 Å². The summed E-state index contributed by atoms with van der Waals surface area (Å²) in [5.41, 5.74) is 1.67. The lowest BCUT2D eigenvalue weighted by Gasteiger charge is -2.34. The molecule has 0 spiro atoms. The number of hydrogen-bond acceptors (Lipinski definition) is 11. The van der Waals surface area contributed by atoms with Crippen LogP contribution in [0.15, 0.2) is 59.4 Å². The zero-order chi connectivity index (χ0) is 37.6. The van der Waals surface area contributed by atoms with Crippen molar-refractivity contribution in [2.24, 2.45) is 29.6 Å². The third kappa shape index (κ3) is 14.1. The summed E-state index contributed by atoms with van der Waals surface area (Å²) in [6.07, 6.45) is 4.15. The fourth-order valence-corrected chi connectivity index (χ4v) is 5.69. The number of ketones is 1. The molecule has 0 unspecified atom stereocenters. The lowest BCUT2D eigenvalue weighted by molar-refractivity contribution is -0.162. The Kier molecular flexibility index (Phi) is 18.5. The third-order valence-electron chi connectivity index (χ3n) is 9.05. The topological polar surface area (TPSA) is 186 Å². The number of aliphatic carboxylic acids is 1. The van der Waals surface area contributed by atoms with E-state index in [1.165, 1.54) is 34.1 Å². The SMILES string of the molecule is CO/C1=C/C(C)=C\[C@@H](C)[C@@H](O)[C@@H](C)C/C(C)=C\C=C/[C@H](OC)[C@@H]([C@@H](C)[C@@H](O)[C@H](C)C(=O)C[C@@H](OC(=O)/C=C/C(=O)O)[C@H](C)[C@@H](C)O)OC1=O. The first-order valence-electron chi connectivity index (χ1n) is 16.5. The van der Waals surface area contributed by atoms with Gasteiger partial charge in [0.1, 0.15) is 24.1 Å². The van der Waals surface area contributed by atoms with E-state index < -0.39 is 78.1 Å². The summed E-state index contributed by atoms with van der Waals surface area (Å²) in [6, 6.07) is 0. The van der Waals surface area contributed by atoms with E-state index in [2.05, 4.69) is 0 Å². The Morgan fingerprint density at radius 1 is 1.06 bits per heavy atom. The minimum atomic E-state index is -1.37. The molecule has 0 aromatic carbocycles. The van der Waals surface area contributed by atoms with Crippen molar-refractivity contribution in [1.29, 1.82) is 0 Å². The summed E-state index contributed by atoms with van der Waals surface area (Å²) in [4.78, 5) is 50.0. The highest BCUT2D eigenvalue weighted by atomic mass is 16.6. The minimum absolute atomic E-state index is 0.0551. The van der Waals surface area contributed by atoms with Gasteiger partial charge in [0, 0.05) is 49.4 Å². The van der Waals surface area contributed by atoms with Gasteiger partial charge in [0.2, 0.25) is 5.76 Å². The Morgan fingerprint density at radius 2 is 1.69 bits per heavy atom. The molecule has 0 saturated carbocycles. The average Bonchev–Trinajstić information content (AvgIpc) is 3.04. The molecular formula is C37H56O12. The number of carboxylic acids is 1. The molecule has 11 atom stereocenters. The van der Waals surface area contributed by atoms with Gasteiger partial charge in [-0.3, -0.25) is 4.79 Å². The quantitative estimate of drug-likeness (QED) is 0.160. The maximum absolute atomic E-state index is 13.5. The summed E-state index contributed by atoms with van der Waals surface area (Å²) in [7, 11) is 2.75. The van der Waals surface area contributed by atoms with Crippen LogP contribution < -0.4 is 0 Å². The minimum Gasteiger partial charge on any atom is -0.490 e. The monoisotopic (exact) mass is 692 g/mol. The largest absolute Gasteiger partial charge is 0.490 e. The molecule has 0 radical (unpaired) electrons. The molecule has 0 bridgehead atoms. The number of methoxy groups -OCH3 is 2. The van der Waals surface area contributed by atoms with Crippen molar-refractivity contribution in [2.75, 3.05) is 14.2 Å². The first-order valence-corrected chi connectivity index (χ1v) is 16.5. The standard InChI is InChI=1S/C37H56O12/c1-20-12-11-13-29(46-9)36(49-37(45)31(47-10)18-21(2)17-23(4)34(43)22(3)16-20)26(7)35(44)25(6)28(39)19-30(24(5)27(8)38)48-33(42)15-14-32(40)41/h11-15,17-18,22-27,29-30,34-36,38,43-44H,16,19H2,1-10H3,(H,40,41)/b13-11-,15-14+,20-12-,21-17-,31-18+/t22-,23+,24+,25+,26-,27+,29-,30+,34-,35-,36+/m0/s1. The number of carboxylic acid groups (broad SMARTS) is 1. The number of Topliss-reactive ketones (excluding diaryl/α,β-unsaturated/α-hetero) is 1. The predicted octanol–water partition coefficient (Wildman–Crippen LogP) is 4.09. The Labute approximate surface area is 290 Å². The highest BCUT2D eigenvalue weighted by Gasteiger charge is 2.39. The van der Waals surface area contributed by atoms with Gasteiger partial charge in [-0.25, -0.2) is 14.4 Å². The fraction of sp³-hybridized carbons (Fsp3) is 0.622. The van der Waals surface area contributed by atoms with Gasteiger partial charge in [-0.15, -0.1) is 0 Å². The number of allylic oxidation sites excluding steroid dienone is 5. The van der Waals surface area contributed by atoms with E-state index in [-0.39, 0.29) is 24.0 Å². The normalized spacial score (nSPS) is 30.4. The molecule has 49 heavy (non-hydrogen) atoms. The van der Waals surface area contributed by atoms with Gasteiger partial charge in [0.25, 0.3) is 0 Å². The van der Waals surface area contributed by atoms with E-state index >= 15 is 0 Å². The van der Waals surface area contributed by atoms with Crippen molar-refractivity contribution >= 4 is 23.7 Å². The molecule has 4 N–H and O–H groups in total. The number of aliphatic hydroxyl groups is 3. The maximum Gasteiger partial charge on any atom is 0.373 e. The van der Waals surface area contributed by atoms with E-state index in [0.29, 0.717) is 24.1 Å². The van der Waals surface area contributed by atoms with Gasteiger partial charge >= 0.3 is 17.9 Å². The van der Waals surface area contributed by atoms with Gasteiger partial charge in [-0.1, -0.05) is 70.1 Å². The van der Waals surface area contributed by atoms with Crippen molar-refractivity contribution in [2.45, 2.75) is 105 Å². The van der Waals surface area contributed by atoms with Gasteiger partial charge in [-0.05, 0) is 39.2 Å². The van der Waals surface area contributed by atoms with Crippen LogP contribution >= 0.6 is 0 Å². The highest BCUT2D eigenvalue weighted by Crippen LogP contribution is 2.28. The van der Waals surface area contributed by atoms with Gasteiger partial charge in [-0.2, -0.15) is 0 Å². The molecule has 1 aliphatic heterocycles. The Bertz CT molecular complexity index is 1280. The second-order valence-corrected chi connectivity index (χ2v) is 13.2. The van der Waals surface area contributed by atoms with E-state index in [1.807, 2.05) is 32.9 Å². The summed E-state index contributed by atoms with van der Waals surface area (Å²) in [5.74, 6) is -6.71. The van der Waals surface area contributed by atoms with E-state index in [0.717, 1.165) is 5.57 Å². The highest BCUT2D eigenvalue weighted by molar-refractivity contribution is 5.91. The lowest BCUT2D eigenvalue weighted by Crippen LogP contribution is -2.46. The van der Waals surface area contributed by atoms with Crippen LogP contribution in [0.4, 0.5) is 0 Å². The van der Waals surface area contributed by atoms with Crippen LogP contribution in [-0.4, -0.2) is 95.0 Å². The van der Waals surface area contributed by atoms with E-state index in [9.17, 15) is 34.5 Å². The third-order valence-corrected chi connectivity index (χ3v) is 9.05. The van der Waals surface area contributed by atoms with Crippen molar-refractivity contribution in [1.82, 2.24) is 0 Å². The number of carbonyl (C=O) groups excluding carboxylic acids is 3. The van der Waals surface area contributed by atoms with Crippen molar-refractivity contribution in [3.63, 3.8) is 0 Å². The molecular weight excluding hydrogens is 636 g/mol. The van der Waals surface area contributed by atoms with E-state index in [1.54, 1.807) is 32.9 Å². The first-order chi connectivity index (χ1) is 22.8. The molecule has 1 rings (SSSR count). The van der Waals surface area contributed by atoms with Crippen LogP contribution in [0.3, 0.4) is 0 Å². The van der Waals surface area contributed by atoms with Crippen molar-refractivity contribution in [3.8, 4) is 0 Å². The number of carbonyl (C=O) groups is 4. The number of cyclic esters (lactones) is 1. The maximum atomic E-state index is 13.5. The molecule has 12 nitrogen and oxygen atoms in total. The lowest BCUT2D eigenvalue weighted by atomic mass is 9.82. The van der Waals surface area contributed by atoms with Crippen molar-refractivity contribution < 1.29 is 58.6 Å². The van der Waals surface area contributed by atoms with Crippen LogP contribution in [0.25, 0.3) is 0 Å².